The van der Waals surface area contributed by atoms with Crippen LogP contribution < -0.4 is 15.2 Å². The molecule has 4 rings (SSSR count). The second-order valence-electron chi connectivity index (χ2n) is 7.59. The van der Waals surface area contributed by atoms with Crippen LogP contribution in [0.3, 0.4) is 0 Å². The summed E-state index contributed by atoms with van der Waals surface area (Å²) < 4.78 is 11.0. The number of nitrogens with zero attached hydrogens (tertiary/aromatic N) is 1. The number of nitrogens with two attached hydrogens (primary N) is 1. The van der Waals surface area contributed by atoms with E-state index in [0.29, 0.717) is 12.0 Å². The maximum Gasteiger partial charge on any atom is 0.161 e. The van der Waals surface area contributed by atoms with Crippen LogP contribution in [0.2, 0.25) is 0 Å². The smallest absolute Gasteiger partial charge is 0.161 e. The summed E-state index contributed by atoms with van der Waals surface area (Å²) in [6.07, 6.45) is 2.02. The van der Waals surface area contributed by atoms with Gasteiger partial charge in [-0.3, -0.25) is 4.90 Å². The fourth-order valence-corrected chi connectivity index (χ4v) is 4.64. The molecule has 3 atom stereocenters. The molecule has 26 heavy (non-hydrogen) atoms. The first-order valence-electron chi connectivity index (χ1n) is 9.41. The minimum absolute atomic E-state index is 0.164. The molecule has 0 radical (unpaired) electrons. The van der Waals surface area contributed by atoms with Crippen LogP contribution in [0.15, 0.2) is 36.4 Å². The Morgan fingerprint density at radius 3 is 2.58 bits per heavy atom. The Morgan fingerprint density at radius 1 is 1.08 bits per heavy atom. The van der Waals surface area contributed by atoms with Gasteiger partial charge in [-0.15, -0.1) is 0 Å². The number of fused-ring (bicyclic) bond motifs is 3. The molecule has 2 N–H and O–H groups in total. The lowest BCUT2D eigenvalue weighted by molar-refractivity contribution is 0.109. The third kappa shape index (κ3) is 2.97. The first-order chi connectivity index (χ1) is 12.6. The lowest BCUT2D eigenvalue weighted by atomic mass is 9.78. The topological polar surface area (TPSA) is 47.7 Å². The number of benzene rings is 2. The Bertz CT molecular complexity index is 805. The van der Waals surface area contributed by atoms with Crippen molar-refractivity contribution in [2.75, 3.05) is 27.3 Å². The van der Waals surface area contributed by atoms with Gasteiger partial charge in [0.25, 0.3) is 0 Å². The number of rotatable bonds is 3. The van der Waals surface area contributed by atoms with E-state index in [2.05, 4.69) is 48.2 Å². The molecule has 2 aliphatic rings. The van der Waals surface area contributed by atoms with E-state index >= 15 is 0 Å². The average Bonchev–Trinajstić information content (AvgIpc) is 2.66. The molecule has 2 aliphatic heterocycles. The second kappa shape index (κ2) is 6.93. The van der Waals surface area contributed by atoms with E-state index in [4.69, 9.17) is 15.2 Å². The standard InChI is InChI=1S/C22H28N2O2/c1-14-5-4-6-15(9-14)18-13-24-8-7-16-10-21(25-2)22(26-3)11-17(16)20(24)12-19(18)23/h4-6,9-11,18-20H,7-8,12-13,23H2,1-3H3/t18-,19+,20?/m0/s1. The van der Waals surface area contributed by atoms with Gasteiger partial charge in [-0.25, -0.2) is 0 Å². The highest BCUT2D eigenvalue weighted by atomic mass is 16.5. The summed E-state index contributed by atoms with van der Waals surface area (Å²) in [7, 11) is 3.40. The number of ether oxygens (including phenoxy) is 2. The van der Waals surface area contributed by atoms with Crippen LogP contribution in [0.4, 0.5) is 0 Å². The minimum atomic E-state index is 0.164. The summed E-state index contributed by atoms with van der Waals surface area (Å²) in [5.41, 5.74) is 12.1. The van der Waals surface area contributed by atoms with Crippen LogP contribution in [-0.4, -0.2) is 38.3 Å². The molecule has 4 nitrogen and oxygen atoms in total. The Balaban J connectivity index is 1.64. The van der Waals surface area contributed by atoms with E-state index in [-0.39, 0.29) is 6.04 Å². The van der Waals surface area contributed by atoms with Gasteiger partial charge in [0.1, 0.15) is 0 Å². The molecule has 4 heteroatoms. The summed E-state index contributed by atoms with van der Waals surface area (Å²) in [6, 6.07) is 13.6. The van der Waals surface area contributed by atoms with Crippen molar-refractivity contribution < 1.29 is 9.47 Å². The van der Waals surface area contributed by atoms with Crippen molar-refractivity contribution in [1.29, 1.82) is 0 Å². The molecule has 0 amide bonds. The fourth-order valence-electron chi connectivity index (χ4n) is 4.64. The van der Waals surface area contributed by atoms with E-state index < -0.39 is 0 Å². The molecular weight excluding hydrogens is 324 g/mol. The third-order valence-electron chi connectivity index (χ3n) is 6.03. The minimum Gasteiger partial charge on any atom is -0.493 e. The largest absolute Gasteiger partial charge is 0.493 e. The SMILES string of the molecule is COc1cc2c(cc1OC)C1C[C@@H](N)[C@H](c3cccc(C)c3)CN1CC2. The van der Waals surface area contributed by atoms with Gasteiger partial charge in [0.15, 0.2) is 11.5 Å². The van der Waals surface area contributed by atoms with Crippen LogP contribution in [0, 0.1) is 6.92 Å². The molecule has 1 unspecified atom stereocenters. The summed E-state index contributed by atoms with van der Waals surface area (Å²) in [6.45, 7) is 4.24. The second-order valence-corrected chi connectivity index (χ2v) is 7.59. The Hall–Kier alpha value is -2.04. The Kier molecular flexibility index (Phi) is 4.63. The molecule has 1 saturated heterocycles. The van der Waals surface area contributed by atoms with Crippen LogP contribution >= 0.6 is 0 Å². The molecular formula is C22H28N2O2. The lowest BCUT2D eigenvalue weighted by Gasteiger charge is -2.46. The maximum absolute atomic E-state index is 6.67. The van der Waals surface area contributed by atoms with Crippen molar-refractivity contribution in [3.8, 4) is 11.5 Å². The summed E-state index contributed by atoms with van der Waals surface area (Å²) in [5, 5.41) is 0. The van der Waals surface area contributed by atoms with Gasteiger partial charge in [0, 0.05) is 31.1 Å². The number of methoxy groups -OCH3 is 2. The number of piperidine rings is 1. The predicted octanol–water partition coefficient (Wildman–Crippen LogP) is 3.43. The number of aryl methyl sites for hydroxylation is 1. The van der Waals surface area contributed by atoms with Gasteiger partial charge in [0.2, 0.25) is 0 Å². The van der Waals surface area contributed by atoms with Gasteiger partial charge in [-0.2, -0.15) is 0 Å². The molecule has 2 heterocycles. The molecule has 138 valence electrons. The van der Waals surface area contributed by atoms with E-state index in [0.717, 1.165) is 37.4 Å². The monoisotopic (exact) mass is 352 g/mol. The fraction of sp³-hybridized carbons (Fsp3) is 0.455. The quantitative estimate of drug-likeness (QED) is 0.919. The van der Waals surface area contributed by atoms with Crippen molar-refractivity contribution in [2.24, 2.45) is 5.73 Å². The molecule has 0 bridgehead atoms. The first-order valence-corrected chi connectivity index (χ1v) is 9.41. The molecule has 2 aromatic rings. The zero-order valence-electron chi connectivity index (χ0n) is 15.9. The van der Waals surface area contributed by atoms with E-state index in [1.165, 1.54) is 22.3 Å². The zero-order valence-corrected chi connectivity index (χ0v) is 15.9. The highest BCUT2D eigenvalue weighted by Gasteiger charge is 2.38. The Labute approximate surface area is 155 Å². The van der Waals surface area contributed by atoms with Crippen LogP contribution in [0.25, 0.3) is 0 Å². The van der Waals surface area contributed by atoms with Gasteiger partial charge in [-0.1, -0.05) is 29.8 Å². The van der Waals surface area contributed by atoms with Crippen LogP contribution in [-0.2, 0) is 6.42 Å². The van der Waals surface area contributed by atoms with Gasteiger partial charge >= 0.3 is 0 Å². The molecule has 0 aromatic heterocycles. The van der Waals surface area contributed by atoms with Crippen LogP contribution in [0.5, 0.6) is 11.5 Å². The molecule has 0 saturated carbocycles. The normalized spacial score (nSPS) is 25.3. The highest BCUT2D eigenvalue weighted by molar-refractivity contribution is 5.50. The van der Waals surface area contributed by atoms with Crippen molar-refractivity contribution >= 4 is 0 Å². The molecule has 1 fully saturated rings. The van der Waals surface area contributed by atoms with Crippen molar-refractivity contribution in [1.82, 2.24) is 4.90 Å². The maximum atomic E-state index is 6.67. The summed E-state index contributed by atoms with van der Waals surface area (Å²) in [4.78, 5) is 2.60. The zero-order chi connectivity index (χ0) is 18.3. The van der Waals surface area contributed by atoms with Crippen molar-refractivity contribution in [2.45, 2.75) is 37.8 Å². The van der Waals surface area contributed by atoms with E-state index in [1.807, 2.05) is 0 Å². The van der Waals surface area contributed by atoms with E-state index in [9.17, 15) is 0 Å². The molecule has 2 aromatic carbocycles. The van der Waals surface area contributed by atoms with Crippen molar-refractivity contribution in [3.63, 3.8) is 0 Å². The molecule has 0 spiro atoms. The first kappa shape index (κ1) is 17.4. The van der Waals surface area contributed by atoms with Crippen molar-refractivity contribution in [3.05, 3.63) is 58.7 Å². The van der Waals surface area contributed by atoms with E-state index in [1.54, 1.807) is 14.2 Å². The van der Waals surface area contributed by atoms with Crippen LogP contribution in [0.1, 0.15) is 40.6 Å². The number of hydrogen-bond donors (Lipinski definition) is 1. The predicted molar refractivity (Wildman–Crippen MR) is 104 cm³/mol. The summed E-state index contributed by atoms with van der Waals surface area (Å²) in [5.74, 6) is 2.02. The van der Waals surface area contributed by atoms with Gasteiger partial charge in [0.05, 0.1) is 14.2 Å². The van der Waals surface area contributed by atoms with Gasteiger partial charge < -0.3 is 15.2 Å². The highest BCUT2D eigenvalue weighted by Crippen LogP contribution is 2.44. The molecule has 0 aliphatic carbocycles. The summed E-state index contributed by atoms with van der Waals surface area (Å²) >= 11 is 0. The average molecular weight is 352 g/mol. The Morgan fingerprint density at radius 2 is 1.85 bits per heavy atom. The van der Waals surface area contributed by atoms with Gasteiger partial charge in [-0.05, 0) is 48.6 Å². The lowest BCUT2D eigenvalue weighted by Crippen LogP contribution is -2.49. The third-order valence-corrected chi connectivity index (χ3v) is 6.03. The number of hydrogen-bond acceptors (Lipinski definition) is 4.